The highest BCUT2D eigenvalue weighted by atomic mass is 79.9. The summed E-state index contributed by atoms with van der Waals surface area (Å²) in [7, 11) is 1.70. The Morgan fingerprint density at radius 1 is 1.53 bits per heavy atom. The van der Waals surface area contributed by atoms with E-state index in [0.29, 0.717) is 0 Å². The summed E-state index contributed by atoms with van der Waals surface area (Å²) in [4.78, 5) is 1.43. The van der Waals surface area contributed by atoms with Gasteiger partial charge in [-0.15, -0.1) is 0 Å². The SMILES string of the molecule is COc1ccc(Br)cc1C[NH+]1CCC[C@H](O)C1. The van der Waals surface area contributed by atoms with E-state index in [1.54, 1.807) is 7.11 Å². The molecule has 0 aromatic heterocycles. The molecule has 2 atom stereocenters. The van der Waals surface area contributed by atoms with Crippen LogP contribution in [0.25, 0.3) is 0 Å². The maximum absolute atomic E-state index is 9.68. The van der Waals surface area contributed by atoms with Gasteiger partial charge in [0.2, 0.25) is 0 Å². The van der Waals surface area contributed by atoms with Crippen LogP contribution < -0.4 is 9.64 Å². The van der Waals surface area contributed by atoms with Crippen LogP contribution in [-0.4, -0.2) is 31.4 Å². The average Bonchev–Trinajstić information content (AvgIpc) is 2.29. The number of hydrogen-bond acceptors (Lipinski definition) is 2. The highest BCUT2D eigenvalue weighted by Gasteiger charge is 2.22. The molecule has 1 aromatic carbocycles. The van der Waals surface area contributed by atoms with Crippen LogP contribution in [0.1, 0.15) is 18.4 Å². The quantitative estimate of drug-likeness (QED) is 0.873. The second-order valence-electron chi connectivity index (χ2n) is 4.63. The molecule has 0 saturated carbocycles. The van der Waals surface area contributed by atoms with Crippen LogP contribution >= 0.6 is 15.9 Å². The number of nitrogens with one attached hydrogen (secondary N) is 1. The Labute approximate surface area is 111 Å². The highest BCUT2D eigenvalue weighted by Crippen LogP contribution is 2.22. The highest BCUT2D eigenvalue weighted by molar-refractivity contribution is 9.10. The lowest BCUT2D eigenvalue weighted by atomic mass is 10.1. The van der Waals surface area contributed by atoms with Crippen molar-refractivity contribution in [1.82, 2.24) is 0 Å². The molecule has 1 fully saturated rings. The minimum Gasteiger partial charge on any atom is -0.496 e. The van der Waals surface area contributed by atoms with Gasteiger partial charge in [0.15, 0.2) is 0 Å². The number of quaternary nitrogens is 1. The summed E-state index contributed by atoms with van der Waals surface area (Å²) in [6, 6.07) is 6.08. The molecule has 1 aliphatic heterocycles. The summed E-state index contributed by atoms with van der Waals surface area (Å²) in [6.07, 6.45) is 1.91. The van der Waals surface area contributed by atoms with Gasteiger partial charge in [-0.1, -0.05) is 15.9 Å². The molecule has 1 heterocycles. The second kappa shape index (κ2) is 5.85. The van der Waals surface area contributed by atoms with Gasteiger partial charge in [-0.05, 0) is 31.0 Å². The molecule has 1 aromatic rings. The molecule has 0 bridgehead atoms. The van der Waals surface area contributed by atoms with Gasteiger partial charge in [0.1, 0.15) is 24.9 Å². The van der Waals surface area contributed by atoms with Gasteiger partial charge in [0, 0.05) is 10.0 Å². The van der Waals surface area contributed by atoms with Crippen molar-refractivity contribution in [2.45, 2.75) is 25.5 Å². The zero-order chi connectivity index (χ0) is 12.3. The zero-order valence-electron chi connectivity index (χ0n) is 10.1. The Bertz CT molecular complexity index is 384. The van der Waals surface area contributed by atoms with Crippen LogP contribution in [-0.2, 0) is 6.54 Å². The van der Waals surface area contributed by atoms with Crippen molar-refractivity contribution in [3.63, 3.8) is 0 Å². The minimum absolute atomic E-state index is 0.142. The number of benzene rings is 1. The average molecular weight is 301 g/mol. The number of aliphatic hydroxyl groups excluding tert-OH is 1. The summed E-state index contributed by atoms with van der Waals surface area (Å²) in [5, 5.41) is 9.68. The Morgan fingerprint density at radius 3 is 3.06 bits per heavy atom. The van der Waals surface area contributed by atoms with Crippen LogP contribution in [0.3, 0.4) is 0 Å². The molecule has 1 saturated heterocycles. The van der Waals surface area contributed by atoms with Crippen LogP contribution in [0.15, 0.2) is 22.7 Å². The molecular formula is C13H19BrNO2+. The first kappa shape index (κ1) is 12.9. The molecule has 0 amide bonds. The predicted molar refractivity (Wildman–Crippen MR) is 70.3 cm³/mol. The monoisotopic (exact) mass is 300 g/mol. The molecule has 2 N–H and O–H groups in total. The lowest BCUT2D eigenvalue weighted by Gasteiger charge is -2.27. The molecule has 94 valence electrons. The molecule has 0 spiro atoms. The van der Waals surface area contributed by atoms with Crippen LogP contribution in [0.4, 0.5) is 0 Å². The fourth-order valence-corrected chi connectivity index (χ4v) is 2.85. The second-order valence-corrected chi connectivity index (χ2v) is 5.55. The summed E-state index contributed by atoms with van der Waals surface area (Å²) in [5.74, 6) is 0.931. The van der Waals surface area contributed by atoms with Gasteiger partial charge in [0.25, 0.3) is 0 Å². The van der Waals surface area contributed by atoms with Crippen molar-refractivity contribution in [2.24, 2.45) is 0 Å². The summed E-state index contributed by atoms with van der Waals surface area (Å²) in [5.41, 5.74) is 1.20. The molecule has 1 aliphatic rings. The van der Waals surface area contributed by atoms with Gasteiger partial charge >= 0.3 is 0 Å². The summed E-state index contributed by atoms with van der Waals surface area (Å²) in [6.45, 7) is 2.89. The van der Waals surface area contributed by atoms with Crippen molar-refractivity contribution >= 4 is 15.9 Å². The third-order valence-electron chi connectivity index (χ3n) is 3.27. The first-order chi connectivity index (χ1) is 8.19. The van der Waals surface area contributed by atoms with E-state index in [-0.39, 0.29) is 6.10 Å². The number of hydrogen-bond donors (Lipinski definition) is 2. The molecule has 2 rings (SSSR count). The number of likely N-dealkylation sites (tertiary alicyclic amines) is 1. The molecule has 1 unspecified atom stereocenters. The van der Waals surface area contributed by atoms with E-state index in [1.807, 2.05) is 12.1 Å². The standard InChI is InChI=1S/C13H18BrNO2/c1-17-13-5-4-11(14)7-10(13)8-15-6-2-3-12(16)9-15/h4-5,7,12,16H,2-3,6,8-9H2,1H3/p+1/t12-/m0/s1. The minimum atomic E-state index is -0.142. The smallest absolute Gasteiger partial charge is 0.127 e. The largest absolute Gasteiger partial charge is 0.496 e. The van der Waals surface area contributed by atoms with Crippen LogP contribution in [0.5, 0.6) is 5.75 Å². The van der Waals surface area contributed by atoms with Gasteiger partial charge in [-0.25, -0.2) is 0 Å². The predicted octanol–water partition coefficient (Wildman–Crippen LogP) is 0.997. The number of piperidine rings is 1. The molecule has 3 nitrogen and oxygen atoms in total. The van der Waals surface area contributed by atoms with Crippen molar-refractivity contribution < 1.29 is 14.7 Å². The molecule has 0 aliphatic carbocycles. The lowest BCUT2D eigenvalue weighted by molar-refractivity contribution is -0.921. The summed E-state index contributed by atoms with van der Waals surface area (Å²) < 4.78 is 6.45. The molecule has 4 heteroatoms. The van der Waals surface area contributed by atoms with E-state index in [1.165, 1.54) is 10.5 Å². The number of halogens is 1. The Hall–Kier alpha value is -0.580. The van der Waals surface area contributed by atoms with Gasteiger partial charge < -0.3 is 14.7 Å². The fraction of sp³-hybridized carbons (Fsp3) is 0.538. The van der Waals surface area contributed by atoms with Crippen molar-refractivity contribution in [1.29, 1.82) is 0 Å². The van der Waals surface area contributed by atoms with Gasteiger partial charge in [-0.3, -0.25) is 0 Å². The van der Waals surface area contributed by atoms with E-state index >= 15 is 0 Å². The number of aliphatic hydroxyl groups is 1. The molecular weight excluding hydrogens is 282 g/mol. The van der Waals surface area contributed by atoms with Gasteiger partial charge in [-0.2, -0.15) is 0 Å². The normalized spacial score (nSPS) is 24.6. The van der Waals surface area contributed by atoms with E-state index in [4.69, 9.17) is 4.74 Å². The molecule has 17 heavy (non-hydrogen) atoms. The lowest BCUT2D eigenvalue weighted by Crippen LogP contribution is -3.12. The van der Waals surface area contributed by atoms with Crippen molar-refractivity contribution in [3.8, 4) is 5.75 Å². The zero-order valence-corrected chi connectivity index (χ0v) is 11.7. The van der Waals surface area contributed by atoms with Gasteiger partial charge in [0.05, 0.1) is 13.7 Å². The Balaban J connectivity index is 2.08. The Morgan fingerprint density at radius 2 is 2.35 bits per heavy atom. The number of rotatable bonds is 3. The van der Waals surface area contributed by atoms with Crippen LogP contribution in [0.2, 0.25) is 0 Å². The summed E-state index contributed by atoms with van der Waals surface area (Å²) >= 11 is 3.49. The molecule has 0 radical (unpaired) electrons. The third-order valence-corrected chi connectivity index (χ3v) is 3.77. The van der Waals surface area contributed by atoms with Crippen LogP contribution in [0, 0.1) is 0 Å². The van der Waals surface area contributed by atoms with E-state index < -0.39 is 0 Å². The van der Waals surface area contributed by atoms with E-state index in [2.05, 4.69) is 22.0 Å². The maximum atomic E-state index is 9.68. The Kier molecular flexibility index (Phi) is 4.42. The first-order valence-corrected chi connectivity index (χ1v) is 6.82. The topological polar surface area (TPSA) is 33.9 Å². The maximum Gasteiger partial charge on any atom is 0.127 e. The third kappa shape index (κ3) is 3.44. The van der Waals surface area contributed by atoms with E-state index in [9.17, 15) is 5.11 Å². The number of ether oxygens (including phenoxy) is 1. The fourth-order valence-electron chi connectivity index (χ4n) is 2.44. The van der Waals surface area contributed by atoms with E-state index in [0.717, 1.165) is 42.7 Å². The van der Waals surface area contributed by atoms with Crippen molar-refractivity contribution in [2.75, 3.05) is 20.2 Å². The number of methoxy groups -OCH3 is 1. The first-order valence-electron chi connectivity index (χ1n) is 6.03. The van der Waals surface area contributed by atoms with Crippen molar-refractivity contribution in [3.05, 3.63) is 28.2 Å².